The van der Waals surface area contributed by atoms with Gasteiger partial charge in [-0.2, -0.15) is 0 Å². The first-order chi connectivity index (χ1) is 8.86. The number of nitrogens with zero attached hydrogens (tertiary/aromatic N) is 1. The Morgan fingerprint density at radius 3 is 2.37 bits per heavy atom. The number of likely N-dealkylation sites (N-methyl/N-ethyl adjacent to an activating group) is 1. The molecule has 0 unspecified atom stereocenters. The largest absolute Gasteiger partial charge is 0.618 e. The summed E-state index contributed by atoms with van der Waals surface area (Å²) in [5.74, 6) is -2.05. The van der Waals surface area contributed by atoms with Gasteiger partial charge in [0.15, 0.2) is 0 Å². The molecule has 2 fully saturated rings. The number of fused-ring (bicyclic) bond motifs is 1. The number of phenols is 1. The summed E-state index contributed by atoms with van der Waals surface area (Å²) in [6.45, 7) is -2.56. The number of rotatable bonds is 1. The number of carbonyl (C=O) groups is 2. The van der Waals surface area contributed by atoms with Gasteiger partial charge in [0.1, 0.15) is 18.9 Å². The Kier molecular flexibility index (Phi) is 2.19. The number of carbonyl (C=O) groups excluding carboxylic acids is 2. The highest BCUT2D eigenvalue weighted by Gasteiger charge is 2.67. The maximum Gasteiger partial charge on any atom is 0.618 e. The highest BCUT2D eigenvalue weighted by Crippen LogP contribution is 2.35. The standard InChI is InChI=1S/C11H11BFNO5/c1-14-5-10(16)18-12(14,19-11(17)6-14)8-3-2-7(13)4-9(8)15/h2-4,15H,5-6H2,1H3. The number of quaternary nitrogens is 1. The molecule has 8 heteroatoms. The zero-order chi connectivity index (χ0) is 13.8. The van der Waals surface area contributed by atoms with Crippen LogP contribution < -0.4 is 5.46 Å². The number of hydrogen-bond donors (Lipinski definition) is 1. The van der Waals surface area contributed by atoms with E-state index in [2.05, 4.69) is 0 Å². The summed E-state index contributed by atoms with van der Waals surface area (Å²) >= 11 is 0. The fourth-order valence-electron chi connectivity index (χ4n) is 2.88. The molecule has 0 aliphatic carbocycles. The lowest BCUT2D eigenvalue weighted by molar-refractivity contribution is -0.791. The summed E-state index contributed by atoms with van der Waals surface area (Å²) in [5, 5.41) is 9.86. The molecule has 0 bridgehead atoms. The zero-order valence-electron chi connectivity index (χ0n) is 10.1. The van der Waals surface area contributed by atoms with Crippen molar-refractivity contribution in [2.75, 3.05) is 20.1 Å². The smallest absolute Gasteiger partial charge is 0.596 e. The molecule has 1 aromatic rings. The monoisotopic (exact) mass is 267 g/mol. The van der Waals surface area contributed by atoms with E-state index in [9.17, 15) is 19.1 Å². The summed E-state index contributed by atoms with van der Waals surface area (Å²) < 4.78 is 23.4. The molecule has 0 saturated carbocycles. The minimum absolute atomic E-state index is 0.0252. The third-order valence-corrected chi connectivity index (χ3v) is 3.77. The molecule has 0 atom stereocenters. The van der Waals surface area contributed by atoms with E-state index in [1.165, 1.54) is 6.07 Å². The topological polar surface area (TPSA) is 72.8 Å². The van der Waals surface area contributed by atoms with E-state index >= 15 is 0 Å². The molecule has 0 radical (unpaired) electrons. The van der Waals surface area contributed by atoms with Gasteiger partial charge in [0.25, 0.3) is 0 Å². The van der Waals surface area contributed by atoms with Gasteiger partial charge in [-0.05, 0) is 11.5 Å². The van der Waals surface area contributed by atoms with Crippen molar-refractivity contribution in [3.05, 3.63) is 24.0 Å². The minimum atomic E-state index is -2.51. The van der Waals surface area contributed by atoms with Gasteiger partial charge in [-0.25, -0.2) is 4.39 Å². The quantitative estimate of drug-likeness (QED) is 0.677. The second-order valence-corrected chi connectivity index (χ2v) is 5.15. The van der Waals surface area contributed by atoms with Crippen molar-refractivity contribution in [3.8, 4) is 5.75 Å². The van der Waals surface area contributed by atoms with Crippen LogP contribution in [-0.4, -0.2) is 48.3 Å². The third-order valence-electron chi connectivity index (χ3n) is 3.77. The Bertz CT molecular complexity index is 585. The predicted molar refractivity (Wildman–Crippen MR) is 61.6 cm³/mol. The van der Waals surface area contributed by atoms with Gasteiger partial charge in [-0.1, -0.05) is 6.07 Å². The first-order valence-corrected chi connectivity index (χ1v) is 5.77. The molecule has 3 rings (SSSR count). The Balaban J connectivity index is 2.19. The molecular formula is C11H11BFNO5. The molecule has 2 aliphatic rings. The number of benzene rings is 1. The summed E-state index contributed by atoms with van der Waals surface area (Å²) in [4.78, 5) is 23.1. The van der Waals surface area contributed by atoms with Gasteiger partial charge in [0.05, 0.1) is 5.75 Å². The summed E-state index contributed by atoms with van der Waals surface area (Å²) in [5.41, 5.74) is 0.126. The summed E-state index contributed by atoms with van der Waals surface area (Å²) in [6, 6.07) is 3.29. The number of phenolic OH excluding ortho intramolecular Hbond substituents is 1. The first kappa shape index (κ1) is 12.0. The predicted octanol–water partition coefficient (Wildman–Crippen LogP) is -0.763. The normalized spacial score (nSPS) is 32.9. The van der Waals surface area contributed by atoms with Gasteiger partial charge in [0, 0.05) is 13.1 Å². The van der Waals surface area contributed by atoms with Crippen LogP contribution in [0.3, 0.4) is 0 Å². The number of halogens is 1. The second-order valence-electron chi connectivity index (χ2n) is 5.15. The molecule has 6 nitrogen and oxygen atoms in total. The highest BCUT2D eigenvalue weighted by molar-refractivity contribution is 6.79. The van der Waals surface area contributed by atoms with Gasteiger partial charge in [-0.15, -0.1) is 0 Å². The van der Waals surface area contributed by atoms with Crippen LogP contribution in [0.5, 0.6) is 5.75 Å². The van der Waals surface area contributed by atoms with E-state index in [1.54, 1.807) is 7.05 Å². The fourth-order valence-corrected chi connectivity index (χ4v) is 2.88. The lowest BCUT2D eigenvalue weighted by Gasteiger charge is -2.40. The Morgan fingerprint density at radius 2 is 1.84 bits per heavy atom. The Morgan fingerprint density at radius 1 is 1.26 bits per heavy atom. The van der Waals surface area contributed by atoms with E-state index in [4.69, 9.17) is 9.31 Å². The SMILES string of the molecule is C[N+]12CC(=O)O[B-]1(c1ccc(F)cc1O)OC(=O)C2. The molecule has 2 aliphatic heterocycles. The van der Waals surface area contributed by atoms with Crippen molar-refractivity contribution < 1.29 is 32.8 Å². The van der Waals surface area contributed by atoms with Gasteiger partial charge >= 0.3 is 18.6 Å². The number of hydrogen-bond acceptors (Lipinski definition) is 5. The molecule has 2 saturated heterocycles. The Labute approximate surface area is 107 Å². The molecule has 0 spiro atoms. The van der Waals surface area contributed by atoms with Crippen LogP contribution in [-0.2, 0) is 18.9 Å². The maximum absolute atomic E-state index is 13.1. The molecule has 100 valence electrons. The Hall–Kier alpha value is -2.09. The molecule has 0 amide bonds. The fraction of sp³-hybridized carbons (Fsp3) is 0.273. The first-order valence-electron chi connectivity index (χ1n) is 5.77. The van der Waals surface area contributed by atoms with E-state index in [1.807, 2.05) is 0 Å². The molecular weight excluding hydrogens is 256 g/mol. The van der Waals surface area contributed by atoms with Crippen LogP contribution in [0.2, 0.25) is 0 Å². The van der Waals surface area contributed by atoms with Crippen LogP contribution >= 0.6 is 0 Å². The molecule has 2 heterocycles. The molecule has 19 heavy (non-hydrogen) atoms. The zero-order valence-corrected chi connectivity index (χ0v) is 10.1. The van der Waals surface area contributed by atoms with Crippen molar-refractivity contribution in [2.45, 2.75) is 0 Å². The lowest BCUT2D eigenvalue weighted by Crippen LogP contribution is -2.67. The number of aromatic hydroxyl groups is 1. The highest BCUT2D eigenvalue weighted by atomic mass is 19.1. The lowest BCUT2D eigenvalue weighted by atomic mass is 9.60. The van der Waals surface area contributed by atoms with Gasteiger partial charge in [-0.3, -0.25) is 9.59 Å². The average molecular weight is 267 g/mol. The van der Waals surface area contributed by atoms with Crippen molar-refractivity contribution in [1.82, 2.24) is 0 Å². The van der Waals surface area contributed by atoms with Crippen molar-refractivity contribution in [2.24, 2.45) is 0 Å². The summed E-state index contributed by atoms with van der Waals surface area (Å²) in [7, 11) is 1.64. The average Bonchev–Trinajstić information content (AvgIpc) is 2.61. The molecule has 1 aromatic carbocycles. The molecule has 1 N–H and O–H groups in total. The van der Waals surface area contributed by atoms with Crippen LogP contribution in [0, 0.1) is 5.82 Å². The van der Waals surface area contributed by atoms with Crippen molar-refractivity contribution >= 4 is 24.1 Å². The second kappa shape index (κ2) is 3.48. The van der Waals surface area contributed by atoms with Gasteiger partial charge in [0.2, 0.25) is 0 Å². The van der Waals surface area contributed by atoms with Crippen LogP contribution in [0.25, 0.3) is 0 Å². The van der Waals surface area contributed by atoms with E-state index in [0.29, 0.717) is 0 Å². The van der Waals surface area contributed by atoms with E-state index in [-0.39, 0.29) is 22.9 Å². The van der Waals surface area contributed by atoms with Crippen LogP contribution in [0.1, 0.15) is 0 Å². The summed E-state index contributed by atoms with van der Waals surface area (Å²) in [6.07, 6.45) is 0. The van der Waals surface area contributed by atoms with Crippen molar-refractivity contribution in [1.29, 1.82) is 0 Å². The molecule has 0 aromatic heterocycles. The van der Waals surface area contributed by atoms with E-state index in [0.717, 1.165) is 12.1 Å². The maximum atomic E-state index is 13.1. The van der Waals surface area contributed by atoms with Gasteiger partial charge < -0.3 is 18.8 Å². The van der Waals surface area contributed by atoms with Crippen LogP contribution in [0.4, 0.5) is 4.39 Å². The van der Waals surface area contributed by atoms with E-state index < -0.39 is 30.2 Å². The van der Waals surface area contributed by atoms with Crippen LogP contribution in [0.15, 0.2) is 18.2 Å². The minimum Gasteiger partial charge on any atom is -0.596 e. The van der Waals surface area contributed by atoms with Crippen molar-refractivity contribution in [3.63, 3.8) is 0 Å². The third kappa shape index (κ3) is 1.46.